The van der Waals surface area contributed by atoms with E-state index in [1.807, 2.05) is 7.05 Å². The molecule has 1 aliphatic carbocycles. The molecule has 0 spiro atoms. The first-order chi connectivity index (χ1) is 11.5. The highest BCUT2D eigenvalue weighted by atomic mass is 19.1. The van der Waals surface area contributed by atoms with Crippen molar-refractivity contribution in [1.29, 1.82) is 0 Å². The van der Waals surface area contributed by atoms with Crippen LogP contribution in [0.4, 0.5) is 4.39 Å². The first-order valence-corrected chi connectivity index (χ1v) is 8.48. The van der Waals surface area contributed by atoms with Crippen molar-refractivity contribution in [2.75, 3.05) is 13.6 Å². The van der Waals surface area contributed by atoms with Gasteiger partial charge in [-0.25, -0.2) is 4.39 Å². The van der Waals surface area contributed by atoms with Crippen LogP contribution in [-0.4, -0.2) is 39.8 Å². The minimum atomic E-state index is -0.276. The molecular weight excluding hydrogens is 309 g/mol. The van der Waals surface area contributed by atoms with E-state index in [9.17, 15) is 9.50 Å². The molecule has 6 heteroatoms. The van der Waals surface area contributed by atoms with E-state index in [4.69, 9.17) is 4.52 Å². The summed E-state index contributed by atoms with van der Waals surface area (Å²) in [7, 11) is 1.98. The van der Waals surface area contributed by atoms with Crippen LogP contribution in [0.2, 0.25) is 0 Å². The van der Waals surface area contributed by atoms with E-state index >= 15 is 0 Å². The molecule has 1 aliphatic rings. The molecule has 2 atom stereocenters. The van der Waals surface area contributed by atoms with E-state index in [1.165, 1.54) is 12.5 Å². The lowest BCUT2D eigenvalue weighted by atomic mass is 9.86. The molecule has 1 saturated carbocycles. The van der Waals surface area contributed by atoms with Crippen molar-refractivity contribution in [2.24, 2.45) is 5.92 Å². The summed E-state index contributed by atoms with van der Waals surface area (Å²) in [5.74, 6) is 0.924. The summed E-state index contributed by atoms with van der Waals surface area (Å²) >= 11 is 0. The highest BCUT2D eigenvalue weighted by molar-refractivity contribution is 5.54. The highest BCUT2D eigenvalue weighted by Gasteiger charge is 2.24. The fourth-order valence-electron chi connectivity index (χ4n) is 3.27. The molecule has 1 aromatic heterocycles. The Kier molecular flexibility index (Phi) is 5.26. The molecule has 130 valence electrons. The molecule has 3 rings (SSSR count). The van der Waals surface area contributed by atoms with Crippen molar-refractivity contribution < 1.29 is 14.0 Å². The first kappa shape index (κ1) is 17.0. The minimum Gasteiger partial charge on any atom is -0.393 e. The monoisotopic (exact) mass is 333 g/mol. The number of aromatic nitrogens is 2. The molecule has 5 nitrogen and oxygen atoms in total. The van der Waals surface area contributed by atoms with Gasteiger partial charge in [0.05, 0.1) is 12.6 Å². The Morgan fingerprint density at radius 3 is 2.88 bits per heavy atom. The quantitative estimate of drug-likeness (QED) is 0.910. The molecule has 1 N–H and O–H groups in total. The van der Waals surface area contributed by atoms with Crippen molar-refractivity contribution >= 4 is 0 Å². The van der Waals surface area contributed by atoms with Crippen LogP contribution in [0.15, 0.2) is 22.7 Å². The van der Waals surface area contributed by atoms with Crippen LogP contribution >= 0.6 is 0 Å². The second-order valence-corrected chi connectivity index (χ2v) is 6.78. The van der Waals surface area contributed by atoms with Gasteiger partial charge in [-0.05, 0) is 44.4 Å². The van der Waals surface area contributed by atoms with E-state index in [0.717, 1.165) is 25.8 Å². The van der Waals surface area contributed by atoms with E-state index in [-0.39, 0.29) is 11.9 Å². The van der Waals surface area contributed by atoms with Crippen LogP contribution in [0.1, 0.15) is 37.1 Å². The summed E-state index contributed by atoms with van der Waals surface area (Å²) in [6.45, 7) is 3.04. The van der Waals surface area contributed by atoms with Crippen molar-refractivity contribution in [3.8, 4) is 11.4 Å². The predicted molar refractivity (Wildman–Crippen MR) is 88.7 cm³/mol. The second kappa shape index (κ2) is 7.40. The first-order valence-electron chi connectivity index (χ1n) is 8.48. The average molecular weight is 333 g/mol. The lowest BCUT2D eigenvalue weighted by molar-refractivity contribution is 0.0484. The lowest BCUT2D eigenvalue weighted by Crippen LogP contribution is -2.34. The third kappa shape index (κ3) is 3.99. The maximum Gasteiger partial charge on any atom is 0.241 e. The van der Waals surface area contributed by atoms with Crippen molar-refractivity contribution in [2.45, 2.75) is 45.3 Å². The number of hydrogen-bond acceptors (Lipinski definition) is 5. The fourth-order valence-corrected chi connectivity index (χ4v) is 3.27. The standard InChI is InChI=1S/C18H24FN3O2/c1-12-7-8-13(9-15(12)19)18-20-17(24-21-18)11-22(2)10-14-5-3-4-6-16(14)23/h7-9,14,16,23H,3-6,10-11H2,1-2H3. The number of aliphatic hydroxyl groups excluding tert-OH is 1. The molecule has 24 heavy (non-hydrogen) atoms. The van der Waals surface area contributed by atoms with Gasteiger partial charge in [-0.2, -0.15) is 4.98 Å². The van der Waals surface area contributed by atoms with Crippen molar-refractivity contribution in [3.05, 3.63) is 35.5 Å². The van der Waals surface area contributed by atoms with E-state index in [1.54, 1.807) is 19.1 Å². The third-order valence-electron chi connectivity index (χ3n) is 4.72. The van der Waals surface area contributed by atoms with Gasteiger partial charge in [0.1, 0.15) is 5.82 Å². The SMILES string of the molecule is Cc1ccc(-c2noc(CN(C)CC3CCCCC3O)n2)cc1F. The molecule has 0 amide bonds. The van der Waals surface area contributed by atoms with Crippen molar-refractivity contribution in [3.63, 3.8) is 0 Å². The maximum absolute atomic E-state index is 13.7. The second-order valence-electron chi connectivity index (χ2n) is 6.78. The molecule has 1 fully saturated rings. The van der Waals surface area contributed by atoms with E-state index < -0.39 is 0 Å². The normalized spacial score (nSPS) is 21.4. The van der Waals surface area contributed by atoms with Gasteiger partial charge in [0.15, 0.2) is 0 Å². The predicted octanol–water partition coefficient (Wildman–Crippen LogP) is 3.17. The van der Waals surface area contributed by atoms with Crippen LogP contribution < -0.4 is 0 Å². The molecular formula is C18H24FN3O2. The molecule has 2 aromatic rings. The van der Waals surface area contributed by atoms with Crippen LogP contribution in [0, 0.1) is 18.7 Å². The Morgan fingerprint density at radius 1 is 1.33 bits per heavy atom. The maximum atomic E-state index is 13.7. The molecule has 0 saturated heterocycles. The zero-order valence-electron chi connectivity index (χ0n) is 14.2. The lowest BCUT2D eigenvalue weighted by Gasteiger charge is -2.30. The number of aryl methyl sites for hydroxylation is 1. The Bertz CT molecular complexity index is 689. The average Bonchev–Trinajstić information content (AvgIpc) is 3.00. The largest absolute Gasteiger partial charge is 0.393 e. The van der Waals surface area contributed by atoms with E-state index in [0.29, 0.717) is 35.3 Å². The van der Waals surface area contributed by atoms with Gasteiger partial charge < -0.3 is 9.63 Å². The summed E-state index contributed by atoms with van der Waals surface area (Å²) in [4.78, 5) is 6.44. The summed E-state index contributed by atoms with van der Waals surface area (Å²) in [5.41, 5.74) is 1.20. The van der Waals surface area contributed by atoms with Gasteiger partial charge in [-0.1, -0.05) is 30.1 Å². The van der Waals surface area contributed by atoms with Gasteiger partial charge in [-0.3, -0.25) is 4.90 Å². The summed E-state index contributed by atoms with van der Waals surface area (Å²) in [6.07, 6.45) is 4.03. The molecule has 1 heterocycles. The number of nitrogens with zero attached hydrogens (tertiary/aromatic N) is 3. The fraction of sp³-hybridized carbons (Fsp3) is 0.556. The Hall–Kier alpha value is -1.79. The summed E-state index contributed by atoms with van der Waals surface area (Å²) < 4.78 is 18.9. The number of rotatable bonds is 5. The zero-order chi connectivity index (χ0) is 17.1. The van der Waals surface area contributed by atoms with Crippen molar-refractivity contribution in [1.82, 2.24) is 15.0 Å². The van der Waals surface area contributed by atoms with Crippen LogP contribution in [0.3, 0.4) is 0 Å². The highest BCUT2D eigenvalue weighted by Crippen LogP contribution is 2.25. The molecule has 2 unspecified atom stereocenters. The number of aliphatic hydroxyl groups is 1. The Balaban J connectivity index is 1.61. The van der Waals surface area contributed by atoms with Crippen LogP contribution in [-0.2, 0) is 6.54 Å². The summed E-state index contributed by atoms with van der Waals surface area (Å²) in [5, 5.41) is 14.0. The van der Waals surface area contributed by atoms with Gasteiger partial charge >= 0.3 is 0 Å². The summed E-state index contributed by atoms with van der Waals surface area (Å²) in [6, 6.07) is 4.92. The molecule has 1 aromatic carbocycles. The molecule has 0 radical (unpaired) electrons. The van der Waals surface area contributed by atoms with Crippen LogP contribution in [0.25, 0.3) is 11.4 Å². The Morgan fingerprint density at radius 2 is 2.12 bits per heavy atom. The van der Waals surface area contributed by atoms with Gasteiger partial charge in [0.2, 0.25) is 11.7 Å². The van der Waals surface area contributed by atoms with E-state index in [2.05, 4.69) is 15.0 Å². The smallest absolute Gasteiger partial charge is 0.241 e. The number of benzene rings is 1. The van der Waals surface area contributed by atoms with Crippen LogP contribution in [0.5, 0.6) is 0 Å². The third-order valence-corrected chi connectivity index (χ3v) is 4.72. The van der Waals surface area contributed by atoms with Gasteiger partial charge in [-0.15, -0.1) is 0 Å². The number of hydrogen-bond donors (Lipinski definition) is 1. The molecule has 0 bridgehead atoms. The molecule has 0 aliphatic heterocycles. The van der Waals surface area contributed by atoms with Gasteiger partial charge in [0.25, 0.3) is 0 Å². The topological polar surface area (TPSA) is 62.4 Å². The van der Waals surface area contributed by atoms with Gasteiger partial charge in [0, 0.05) is 12.1 Å². The minimum absolute atomic E-state index is 0.213. The number of halogens is 1. The Labute approximate surface area is 141 Å². The zero-order valence-corrected chi connectivity index (χ0v) is 14.2.